The van der Waals surface area contributed by atoms with Crippen LogP contribution in [0.2, 0.25) is 0 Å². The largest absolute Gasteiger partial charge is 0.390 e. The van der Waals surface area contributed by atoms with E-state index >= 15 is 0 Å². The molecule has 1 aliphatic rings. The summed E-state index contributed by atoms with van der Waals surface area (Å²) in [5.74, 6) is -0.244. The molecule has 9 heteroatoms. The van der Waals surface area contributed by atoms with Crippen LogP contribution in [0.5, 0.6) is 0 Å². The molecule has 1 unspecified atom stereocenters. The van der Waals surface area contributed by atoms with Crippen molar-refractivity contribution in [3.05, 3.63) is 56.2 Å². The number of nitrogens with zero attached hydrogens (tertiary/aromatic N) is 5. The zero-order valence-corrected chi connectivity index (χ0v) is 17.6. The van der Waals surface area contributed by atoms with Gasteiger partial charge in [0, 0.05) is 37.2 Å². The van der Waals surface area contributed by atoms with Crippen LogP contribution < -0.4 is 0 Å². The zero-order chi connectivity index (χ0) is 20.3. The molecule has 28 heavy (non-hydrogen) atoms. The molecule has 0 aliphatic carbocycles. The fourth-order valence-electron chi connectivity index (χ4n) is 3.53. The lowest BCUT2D eigenvalue weighted by atomic mass is 10.1. The smallest absolute Gasteiger partial charge is 0.358 e. The molecule has 1 aromatic carbocycles. The normalized spacial score (nSPS) is 16.2. The van der Waals surface area contributed by atoms with Crippen LogP contribution in [0.25, 0.3) is 0 Å². The second-order valence-corrected chi connectivity index (χ2v) is 7.82. The lowest BCUT2D eigenvalue weighted by molar-refractivity contribution is -0.389. The van der Waals surface area contributed by atoms with E-state index in [0.717, 1.165) is 24.1 Å². The molecule has 0 N–H and O–H groups in total. The van der Waals surface area contributed by atoms with Gasteiger partial charge in [0.25, 0.3) is 0 Å². The van der Waals surface area contributed by atoms with Gasteiger partial charge in [-0.1, -0.05) is 41.1 Å². The molecule has 2 aromatic rings. The Bertz CT molecular complexity index is 861. The predicted molar refractivity (Wildman–Crippen MR) is 109 cm³/mol. The maximum Gasteiger partial charge on any atom is 0.390 e. The van der Waals surface area contributed by atoms with Crippen LogP contribution in [0, 0.1) is 17.0 Å². The van der Waals surface area contributed by atoms with Gasteiger partial charge in [0.1, 0.15) is 0 Å². The van der Waals surface area contributed by atoms with E-state index in [1.54, 1.807) is 6.92 Å². The number of carbonyl (C=O) groups is 1. The van der Waals surface area contributed by atoms with Gasteiger partial charge < -0.3 is 15.0 Å². The van der Waals surface area contributed by atoms with Crippen LogP contribution in [-0.2, 0) is 11.3 Å². The fraction of sp³-hybridized carbons (Fsp3) is 0.474. The highest BCUT2D eigenvalue weighted by Gasteiger charge is 2.32. The van der Waals surface area contributed by atoms with Gasteiger partial charge in [-0.25, -0.2) is 0 Å². The number of halogens is 1. The lowest BCUT2D eigenvalue weighted by Gasteiger charge is -2.36. The van der Waals surface area contributed by atoms with Crippen LogP contribution in [-0.4, -0.2) is 56.6 Å². The summed E-state index contributed by atoms with van der Waals surface area (Å²) in [5.41, 5.74) is 1.85. The van der Waals surface area contributed by atoms with Crippen LogP contribution in [0.3, 0.4) is 0 Å². The van der Waals surface area contributed by atoms with E-state index in [2.05, 4.69) is 32.0 Å². The average molecular weight is 450 g/mol. The lowest BCUT2D eigenvalue weighted by Crippen LogP contribution is -2.50. The molecule has 0 spiro atoms. The van der Waals surface area contributed by atoms with Crippen LogP contribution in [0.1, 0.15) is 30.6 Å². The Morgan fingerprint density at radius 2 is 1.96 bits per heavy atom. The SMILES string of the molecule is CCC(C(=O)N1CCN(Cc2ccccc2Br)CC1)n1nc([N+](=O)[O-])cc1C. The summed E-state index contributed by atoms with van der Waals surface area (Å²) in [5, 5.41) is 15.0. The first-order valence-corrected chi connectivity index (χ1v) is 10.1. The molecular weight excluding hydrogens is 426 g/mol. The molecule has 8 nitrogen and oxygen atoms in total. The monoisotopic (exact) mass is 449 g/mol. The van der Waals surface area contributed by atoms with Crippen molar-refractivity contribution in [1.29, 1.82) is 0 Å². The molecule has 1 fully saturated rings. The maximum atomic E-state index is 13.0. The van der Waals surface area contributed by atoms with Crippen molar-refractivity contribution >= 4 is 27.7 Å². The second kappa shape index (κ2) is 8.83. The minimum atomic E-state index is -0.527. The summed E-state index contributed by atoms with van der Waals surface area (Å²) in [4.78, 5) is 27.7. The number of piperazine rings is 1. The zero-order valence-electron chi connectivity index (χ0n) is 16.0. The van der Waals surface area contributed by atoms with Gasteiger partial charge in [-0.05, 0) is 29.9 Å². The van der Waals surface area contributed by atoms with Crippen LogP contribution in [0.15, 0.2) is 34.8 Å². The Kier molecular flexibility index (Phi) is 6.46. The minimum absolute atomic E-state index is 0.0239. The molecule has 0 saturated carbocycles. The van der Waals surface area contributed by atoms with E-state index in [1.165, 1.54) is 16.3 Å². The van der Waals surface area contributed by atoms with Crippen molar-refractivity contribution in [1.82, 2.24) is 19.6 Å². The molecule has 1 saturated heterocycles. The standard InChI is InChI=1S/C19H24BrN5O3/c1-3-17(24-14(2)12-18(21-24)25(27)28)19(26)23-10-8-22(9-11-23)13-15-6-4-5-7-16(15)20/h4-7,12,17H,3,8-11,13H2,1-2H3. The van der Waals surface area contributed by atoms with Gasteiger partial charge in [-0.2, -0.15) is 4.68 Å². The molecular formula is C19H24BrN5O3. The van der Waals surface area contributed by atoms with E-state index in [-0.39, 0.29) is 11.7 Å². The Morgan fingerprint density at radius 1 is 1.29 bits per heavy atom. The maximum absolute atomic E-state index is 13.0. The summed E-state index contributed by atoms with van der Waals surface area (Å²) < 4.78 is 2.59. The van der Waals surface area contributed by atoms with Gasteiger partial charge >= 0.3 is 5.82 Å². The number of nitro groups is 1. The molecule has 1 atom stereocenters. The number of aryl methyl sites for hydroxylation is 1. The number of hydrogen-bond acceptors (Lipinski definition) is 5. The first-order chi connectivity index (χ1) is 13.4. The average Bonchev–Trinajstić information content (AvgIpc) is 3.07. The molecule has 150 valence electrons. The van der Waals surface area contributed by atoms with Crippen molar-refractivity contribution in [3.8, 4) is 0 Å². The van der Waals surface area contributed by atoms with Crippen LogP contribution >= 0.6 is 15.9 Å². The molecule has 1 aliphatic heterocycles. The van der Waals surface area contributed by atoms with Gasteiger partial charge in [-0.15, -0.1) is 0 Å². The van der Waals surface area contributed by atoms with Gasteiger partial charge in [-0.3, -0.25) is 9.69 Å². The third-order valence-electron chi connectivity index (χ3n) is 5.10. The number of aromatic nitrogens is 2. The minimum Gasteiger partial charge on any atom is -0.358 e. The van der Waals surface area contributed by atoms with Gasteiger partial charge in [0.05, 0.1) is 16.9 Å². The summed E-state index contributed by atoms with van der Waals surface area (Å²) in [6.07, 6.45) is 0.537. The van der Waals surface area contributed by atoms with Crippen molar-refractivity contribution in [2.45, 2.75) is 32.9 Å². The highest BCUT2D eigenvalue weighted by Crippen LogP contribution is 2.22. The Balaban J connectivity index is 1.63. The molecule has 3 rings (SSSR count). The van der Waals surface area contributed by atoms with Crippen molar-refractivity contribution in [2.24, 2.45) is 0 Å². The molecule has 2 heterocycles. The number of carbonyl (C=O) groups excluding carboxylic acids is 1. The number of hydrogen-bond donors (Lipinski definition) is 0. The highest BCUT2D eigenvalue weighted by molar-refractivity contribution is 9.10. The molecule has 1 amide bonds. The van der Waals surface area contributed by atoms with Gasteiger partial charge in [0.15, 0.2) is 6.04 Å². The second-order valence-electron chi connectivity index (χ2n) is 6.96. The summed E-state index contributed by atoms with van der Waals surface area (Å²) in [6.45, 7) is 7.35. The van der Waals surface area contributed by atoms with E-state index in [0.29, 0.717) is 25.2 Å². The summed E-state index contributed by atoms with van der Waals surface area (Å²) >= 11 is 3.58. The van der Waals surface area contributed by atoms with Crippen molar-refractivity contribution in [3.63, 3.8) is 0 Å². The first-order valence-electron chi connectivity index (χ1n) is 9.35. The Labute approximate surface area is 172 Å². The van der Waals surface area contributed by atoms with Gasteiger partial charge in [0.2, 0.25) is 5.91 Å². The quantitative estimate of drug-likeness (QED) is 0.499. The predicted octanol–water partition coefficient (Wildman–Crippen LogP) is 3.16. The van der Waals surface area contributed by atoms with E-state index in [4.69, 9.17) is 0 Å². The van der Waals surface area contributed by atoms with Crippen LogP contribution in [0.4, 0.5) is 5.82 Å². The summed E-state index contributed by atoms with van der Waals surface area (Å²) in [7, 11) is 0. The molecule has 1 aromatic heterocycles. The Hall–Kier alpha value is -2.26. The summed E-state index contributed by atoms with van der Waals surface area (Å²) in [6, 6.07) is 9.05. The van der Waals surface area contributed by atoms with E-state index in [9.17, 15) is 14.9 Å². The highest BCUT2D eigenvalue weighted by atomic mass is 79.9. The fourth-order valence-corrected chi connectivity index (χ4v) is 3.94. The molecule has 0 radical (unpaired) electrons. The third kappa shape index (κ3) is 4.41. The Morgan fingerprint density at radius 3 is 2.54 bits per heavy atom. The van der Waals surface area contributed by atoms with Crippen molar-refractivity contribution in [2.75, 3.05) is 26.2 Å². The molecule has 0 bridgehead atoms. The number of benzene rings is 1. The third-order valence-corrected chi connectivity index (χ3v) is 5.87. The van der Waals surface area contributed by atoms with E-state index < -0.39 is 11.0 Å². The van der Waals surface area contributed by atoms with E-state index in [1.807, 2.05) is 30.0 Å². The number of amides is 1. The van der Waals surface area contributed by atoms with Crippen molar-refractivity contribution < 1.29 is 9.72 Å². The topological polar surface area (TPSA) is 84.5 Å². The first kappa shape index (κ1) is 20.5. The number of rotatable bonds is 6.